The molecule has 0 aromatic heterocycles. The molecule has 24 heavy (non-hydrogen) atoms. The Hall–Kier alpha value is -2.33. The van der Waals surface area contributed by atoms with Gasteiger partial charge in [-0.3, -0.25) is 4.79 Å². The van der Waals surface area contributed by atoms with Gasteiger partial charge in [0, 0.05) is 19.3 Å². The Labute approximate surface area is 143 Å². The third kappa shape index (κ3) is 3.15. The first-order chi connectivity index (χ1) is 11.6. The van der Waals surface area contributed by atoms with Crippen LogP contribution in [0.4, 0.5) is 5.69 Å². The number of nitrogens with one attached hydrogen (secondary N) is 1. The maximum Gasteiger partial charge on any atom is 0.257 e. The zero-order valence-corrected chi connectivity index (χ0v) is 14.5. The highest BCUT2D eigenvalue weighted by atomic mass is 16.5. The summed E-state index contributed by atoms with van der Waals surface area (Å²) in [6.07, 6.45) is -0.177. The molecule has 1 aliphatic heterocycles. The second kappa shape index (κ2) is 7.05. The van der Waals surface area contributed by atoms with Crippen molar-refractivity contribution in [2.45, 2.75) is 25.9 Å². The molecule has 2 aromatic rings. The minimum absolute atomic E-state index is 0.0411. The lowest BCUT2D eigenvalue weighted by Crippen LogP contribution is -2.44. The van der Waals surface area contributed by atoms with Crippen molar-refractivity contribution in [3.05, 3.63) is 65.2 Å². The van der Waals surface area contributed by atoms with E-state index in [2.05, 4.69) is 43.4 Å². The van der Waals surface area contributed by atoms with Gasteiger partial charge in [-0.2, -0.15) is 0 Å². The zero-order chi connectivity index (χ0) is 17.1. The third-order valence-corrected chi connectivity index (χ3v) is 4.48. The van der Waals surface area contributed by atoms with Gasteiger partial charge in [0.1, 0.15) is 6.17 Å². The largest absolute Gasteiger partial charge is 0.383 e. The molecule has 1 aliphatic rings. The number of nitrogens with zero attached hydrogens (tertiary/aromatic N) is 1. The molecule has 0 saturated heterocycles. The summed E-state index contributed by atoms with van der Waals surface area (Å²) in [6.45, 7) is 5.42. The fourth-order valence-corrected chi connectivity index (χ4v) is 3.04. The predicted octanol–water partition coefficient (Wildman–Crippen LogP) is 4.02. The first-order valence-electron chi connectivity index (χ1n) is 8.37. The number of anilines is 1. The lowest BCUT2D eigenvalue weighted by Gasteiger charge is -2.38. The first-order valence-corrected chi connectivity index (χ1v) is 8.37. The summed E-state index contributed by atoms with van der Waals surface area (Å²) in [5.74, 6) is 0.532. The van der Waals surface area contributed by atoms with Gasteiger partial charge in [0.15, 0.2) is 0 Å². The summed E-state index contributed by atoms with van der Waals surface area (Å²) < 4.78 is 5.19. The average Bonchev–Trinajstić information content (AvgIpc) is 2.61. The second-order valence-corrected chi connectivity index (χ2v) is 6.41. The van der Waals surface area contributed by atoms with E-state index < -0.39 is 0 Å². The van der Waals surface area contributed by atoms with Gasteiger partial charge in [0.2, 0.25) is 0 Å². The van der Waals surface area contributed by atoms with E-state index in [1.807, 2.05) is 29.2 Å². The Morgan fingerprint density at radius 1 is 1.12 bits per heavy atom. The van der Waals surface area contributed by atoms with Crippen LogP contribution in [0.15, 0.2) is 48.5 Å². The number of para-hydroxylation sites is 1. The van der Waals surface area contributed by atoms with Crippen molar-refractivity contribution >= 4 is 11.6 Å². The maximum atomic E-state index is 12.9. The Morgan fingerprint density at radius 2 is 1.83 bits per heavy atom. The van der Waals surface area contributed by atoms with E-state index in [9.17, 15) is 4.79 Å². The normalized spacial score (nSPS) is 16.9. The van der Waals surface area contributed by atoms with Crippen LogP contribution in [0, 0.1) is 0 Å². The van der Waals surface area contributed by atoms with E-state index in [-0.39, 0.29) is 12.1 Å². The minimum Gasteiger partial charge on any atom is -0.383 e. The number of carbonyl (C=O) groups is 1. The van der Waals surface area contributed by atoms with Gasteiger partial charge < -0.3 is 15.0 Å². The fraction of sp³-hybridized carbons (Fsp3) is 0.350. The molecule has 3 rings (SSSR count). The predicted molar refractivity (Wildman–Crippen MR) is 96.2 cm³/mol. The van der Waals surface area contributed by atoms with Crippen molar-refractivity contribution in [1.82, 2.24) is 4.90 Å². The van der Waals surface area contributed by atoms with E-state index in [1.165, 1.54) is 5.56 Å². The molecule has 126 valence electrons. The van der Waals surface area contributed by atoms with Gasteiger partial charge >= 0.3 is 0 Å². The fourth-order valence-electron chi connectivity index (χ4n) is 3.04. The van der Waals surface area contributed by atoms with Crippen LogP contribution in [-0.2, 0) is 4.74 Å². The molecule has 0 fully saturated rings. The molecule has 0 saturated carbocycles. The molecule has 1 heterocycles. The molecule has 2 aromatic carbocycles. The monoisotopic (exact) mass is 324 g/mol. The molecule has 0 radical (unpaired) electrons. The highest BCUT2D eigenvalue weighted by molar-refractivity contribution is 6.01. The van der Waals surface area contributed by atoms with E-state index in [0.29, 0.717) is 24.6 Å². The smallest absolute Gasteiger partial charge is 0.257 e. The topological polar surface area (TPSA) is 41.6 Å². The molecule has 0 bridgehead atoms. The van der Waals surface area contributed by atoms with Crippen LogP contribution in [0.2, 0.25) is 0 Å². The van der Waals surface area contributed by atoms with Crippen LogP contribution < -0.4 is 5.32 Å². The van der Waals surface area contributed by atoms with Gasteiger partial charge in [-0.1, -0.05) is 50.2 Å². The van der Waals surface area contributed by atoms with Gasteiger partial charge in [0.05, 0.1) is 12.2 Å². The number of hydrogen-bond acceptors (Lipinski definition) is 3. The Balaban J connectivity index is 1.95. The quantitative estimate of drug-likeness (QED) is 0.903. The number of fused-ring (bicyclic) bond motifs is 1. The van der Waals surface area contributed by atoms with Crippen LogP contribution in [-0.4, -0.2) is 31.1 Å². The molecule has 0 spiro atoms. The van der Waals surface area contributed by atoms with Crippen molar-refractivity contribution in [3.63, 3.8) is 0 Å². The summed E-state index contributed by atoms with van der Waals surface area (Å²) in [6, 6.07) is 16.1. The Morgan fingerprint density at radius 3 is 2.50 bits per heavy atom. The van der Waals surface area contributed by atoms with Crippen molar-refractivity contribution in [1.29, 1.82) is 0 Å². The summed E-state index contributed by atoms with van der Waals surface area (Å²) in [7, 11) is 1.65. The van der Waals surface area contributed by atoms with Gasteiger partial charge in [-0.15, -0.1) is 0 Å². The van der Waals surface area contributed by atoms with Crippen molar-refractivity contribution in [2.75, 3.05) is 25.6 Å². The number of rotatable bonds is 5. The maximum absolute atomic E-state index is 12.9. The Kier molecular flexibility index (Phi) is 4.86. The molecule has 4 nitrogen and oxygen atoms in total. The molecule has 4 heteroatoms. The van der Waals surface area contributed by atoms with E-state index >= 15 is 0 Å². The first kappa shape index (κ1) is 16.5. The number of amides is 1. The van der Waals surface area contributed by atoms with Crippen LogP contribution in [0.1, 0.15) is 47.4 Å². The number of ether oxygens (including phenoxy) is 1. The molecule has 0 aliphatic carbocycles. The van der Waals surface area contributed by atoms with Crippen molar-refractivity contribution < 1.29 is 9.53 Å². The van der Waals surface area contributed by atoms with Gasteiger partial charge in [-0.05, 0) is 29.2 Å². The highest BCUT2D eigenvalue weighted by Crippen LogP contribution is 2.33. The number of hydrogen-bond donors (Lipinski definition) is 1. The molecule has 1 amide bonds. The van der Waals surface area contributed by atoms with E-state index in [0.717, 1.165) is 11.3 Å². The Bertz CT molecular complexity index is 710. The third-order valence-electron chi connectivity index (χ3n) is 4.48. The molecule has 1 N–H and O–H groups in total. The van der Waals surface area contributed by atoms with E-state index in [1.54, 1.807) is 7.11 Å². The second-order valence-electron chi connectivity index (χ2n) is 6.41. The van der Waals surface area contributed by atoms with Crippen LogP contribution in [0.3, 0.4) is 0 Å². The van der Waals surface area contributed by atoms with Gasteiger partial charge in [-0.25, -0.2) is 0 Å². The summed E-state index contributed by atoms with van der Waals surface area (Å²) in [5, 5.41) is 3.50. The molecular weight excluding hydrogens is 300 g/mol. The van der Waals surface area contributed by atoms with Gasteiger partial charge in [0.25, 0.3) is 5.91 Å². The molecular formula is C20H24N2O2. The lowest BCUT2D eigenvalue weighted by molar-refractivity contribution is 0.0609. The number of methoxy groups -OCH3 is 1. The number of benzene rings is 2. The van der Waals surface area contributed by atoms with Crippen molar-refractivity contribution in [2.24, 2.45) is 0 Å². The van der Waals surface area contributed by atoms with Crippen LogP contribution in [0.5, 0.6) is 0 Å². The zero-order valence-electron chi connectivity index (χ0n) is 14.5. The van der Waals surface area contributed by atoms with Crippen LogP contribution >= 0.6 is 0 Å². The van der Waals surface area contributed by atoms with Crippen LogP contribution in [0.25, 0.3) is 0 Å². The SMILES string of the molecule is COCCN1C(=O)c2ccccc2N[C@@H]1c1ccc(C(C)C)cc1. The van der Waals surface area contributed by atoms with E-state index in [4.69, 9.17) is 4.74 Å². The summed E-state index contributed by atoms with van der Waals surface area (Å²) in [4.78, 5) is 14.8. The standard InChI is InChI=1S/C20H24N2O2/c1-14(2)15-8-10-16(11-9-15)19-21-18-7-5-4-6-17(18)20(23)22(19)12-13-24-3/h4-11,14,19,21H,12-13H2,1-3H3/t19-/m0/s1. The summed E-state index contributed by atoms with van der Waals surface area (Å²) in [5.41, 5.74) is 3.97. The summed E-state index contributed by atoms with van der Waals surface area (Å²) >= 11 is 0. The average molecular weight is 324 g/mol. The lowest BCUT2D eigenvalue weighted by atomic mass is 9.99. The number of carbonyl (C=O) groups excluding carboxylic acids is 1. The molecule has 0 unspecified atom stereocenters. The minimum atomic E-state index is -0.177. The highest BCUT2D eigenvalue weighted by Gasteiger charge is 2.32. The molecule has 1 atom stereocenters. The van der Waals surface area contributed by atoms with Crippen molar-refractivity contribution in [3.8, 4) is 0 Å².